The lowest BCUT2D eigenvalue weighted by Gasteiger charge is -2.27. The molecule has 1 aromatic carbocycles. The van der Waals surface area contributed by atoms with Crippen LogP contribution >= 0.6 is 11.6 Å². The van der Waals surface area contributed by atoms with E-state index in [1.165, 1.54) is 12.1 Å². The summed E-state index contributed by atoms with van der Waals surface area (Å²) >= 11 is 5.77. The average molecular weight is 402 g/mol. The molecule has 6 nitrogen and oxygen atoms in total. The molecule has 0 spiro atoms. The minimum Gasteiger partial charge on any atom is -0.481 e. The summed E-state index contributed by atoms with van der Waals surface area (Å²) in [5, 5.41) is 9.13. The third-order valence-corrected chi connectivity index (χ3v) is 6.58. The zero-order valence-electron chi connectivity index (χ0n) is 14.5. The summed E-state index contributed by atoms with van der Waals surface area (Å²) in [7, 11) is -3.54. The van der Waals surface area contributed by atoms with E-state index in [2.05, 4.69) is 4.72 Å². The second-order valence-corrected chi connectivity index (χ2v) is 8.92. The SMILES string of the molecule is O=C(O)CCC(=O)C1CCC(CCNS(=O)(=O)c2ccc(Cl)cc2)CC1. The minimum absolute atomic E-state index is 0.0364. The van der Waals surface area contributed by atoms with Gasteiger partial charge in [-0.2, -0.15) is 0 Å². The second kappa shape index (κ2) is 9.48. The Hall–Kier alpha value is -1.44. The number of nitrogens with one attached hydrogen (secondary N) is 1. The normalized spacial score (nSPS) is 20.7. The van der Waals surface area contributed by atoms with Crippen LogP contribution < -0.4 is 4.72 Å². The van der Waals surface area contributed by atoms with Crippen molar-refractivity contribution in [2.75, 3.05) is 6.54 Å². The monoisotopic (exact) mass is 401 g/mol. The van der Waals surface area contributed by atoms with Crippen molar-refractivity contribution in [3.05, 3.63) is 29.3 Å². The first kappa shape index (κ1) is 20.9. The maximum atomic E-state index is 12.2. The molecule has 1 aromatic rings. The summed E-state index contributed by atoms with van der Waals surface area (Å²) in [5.74, 6) is -0.572. The van der Waals surface area contributed by atoms with Crippen LogP contribution in [0.25, 0.3) is 0 Å². The first-order chi connectivity index (χ1) is 12.3. The molecule has 0 amide bonds. The van der Waals surface area contributed by atoms with E-state index in [0.29, 0.717) is 17.5 Å². The van der Waals surface area contributed by atoms with Gasteiger partial charge in [0.1, 0.15) is 5.78 Å². The molecule has 0 aliphatic heterocycles. The molecule has 1 aliphatic carbocycles. The first-order valence-electron chi connectivity index (χ1n) is 8.77. The Balaban J connectivity index is 1.72. The van der Waals surface area contributed by atoms with Gasteiger partial charge in [0.05, 0.1) is 11.3 Å². The van der Waals surface area contributed by atoms with Gasteiger partial charge in [-0.3, -0.25) is 9.59 Å². The average Bonchev–Trinajstić information content (AvgIpc) is 2.60. The van der Waals surface area contributed by atoms with Crippen molar-refractivity contribution in [2.45, 2.75) is 49.8 Å². The van der Waals surface area contributed by atoms with Crippen LogP contribution in [0, 0.1) is 11.8 Å². The Morgan fingerprint density at radius 3 is 2.27 bits per heavy atom. The van der Waals surface area contributed by atoms with Crippen LogP contribution in [0.3, 0.4) is 0 Å². The minimum atomic E-state index is -3.54. The highest BCUT2D eigenvalue weighted by Crippen LogP contribution is 2.32. The molecule has 1 saturated carbocycles. The maximum absolute atomic E-state index is 12.2. The van der Waals surface area contributed by atoms with Gasteiger partial charge >= 0.3 is 5.97 Å². The topological polar surface area (TPSA) is 101 Å². The van der Waals surface area contributed by atoms with Crippen molar-refractivity contribution in [2.24, 2.45) is 11.8 Å². The van der Waals surface area contributed by atoms with E-state index in [1.807, 2.05) is 0 Å². The smallest absolute Gasteiger partial charge is 0.303 e. The van der Waals surface area contributed by atoms with Crippen LogP contribution in [0.2, 0.25) is 5.02 Å². The summed E-state index contributed by atoms with van der Waals surface area (Å²) in [4.78, 5) is 22.7. The molecule has 0 aromatic heterocycles. The molecule has 1 fully saturated rings. The van der Waals surface area contributed by atoms with Crippen LogP contribution in [0.5, 0.6) is 0 Å². The van der Waals surface area contributed by atoms with Crippen LogP contribution in [0.4, 0.5) is 0 Å². The molecule has 1 aliphatic rings. The molecule has 2 rings (SSSR count). The number of benzene rings is 1. The predicted octanol–water partition coefficient (Wildman–Crippen LogP) is 3.25. The number of carbonyl (C=O) groups is 2. The lowest BCUT2D eigenvalue weighted by atomic mass is 9.78. The van der Waals surface area contributed by atoms with Crippen LogP contribution in [-0.2, 0) is 19.6 Å². The third-order valence-electron chi connectivity index (χ3n) is 4.86. The van der Waals surface area contributed by atoms with E-state index >= 15 is 0 Å². The van der Waals surface area contributed by atoms with Gasteiger partial charge in [0, 0.05) is 23.9 Å². The van der Waals surface area contributed by atoms with Crippen LogP contribution in [0.15, 0.2) is 29.2 Å². The maximum Gasteiger partial charge on any atom is 0.303 e. The quantitative estimate of drug-likeness (QED) is 0.661. The Kier molecular flexibility index (Phi) is 7.61. The van der Waals surface area contributed by atoms with Gasteiger partial charge in [0.15, 0.2) is 0 Å². The molecule has 0 saturated heterocycles. The van der Waals surface area contributed by atoms with Gasteiger partial charge in [0.25, 0.3) is 0 Å². The fourth-order valence-electron chi connectivity index (χ4n) is 3.30. The predicted molar refractivity (Wildman–Crippen MR) is 98.6 cm³/mol. The lowest BCUT2D eigenvalue weighted by molar-refractivity contribution is -0.139. The highest BCUT2D eigenvalue weighted by atomic mass is 35.5. The number of ketones is 1. The summed E-state index contributed by atoms with van der Waals surface area (Å²) in [6, 6.07) is 6.02. The zero-order valence-corrected chi connectivity index (χ0v) is 16.1. The summed E-state index contributed by atoms with van der Waals surface area (Å²) < 4.78 is 27.0. The molecule has 2 N–H and O–H groups in total. The Bertz CT molecular complexity index is 724. The molecule has 0 bridgehead atoms. The molecule has 0 unspecified atom stereocenters. The molecule has 0 radical (unpaired) electrons. The number of aliphatic carboxylic acids is 1. The van der Waals surface area contributed by atoms with E-state index < -0.39 is 16.0 Å². The molecule has 144 valence electrons. The Morgan fingerprint density at radius 2 is 1.69 bits per heavy atom. The fourth-order valence-corrected chi connectivity index (χ4v) is 4.48. The lowest BCUT2D eigenvalue weighted by Crippen LogP contribution is -2.28. The zero-order chi connectivity index (χ0) is 19.2. The molecular weight excluding hydrogens is 378 g/mol. The van der Waals surface area contributed by atoms with Gasteiger partial charge in [0.2, 0.25) is 10.0 Å². The van der Waals surface area contributed by atoms with Gasteiger partial charge in [-0.05, 0) is 62.3 Å². The highest BCUT2D eigenvalue weighted by Gasteiger charge is 2.26. The number of carbonyl (C=O) groups excluding carboxylic acids is 1. The van der Waals surface area contributed by atoms with Crippen molar-refractivity contribution < 1.29 is 23.1 Å². The number of Topliss-reactive ketones (excluding diaryl/α,β-unsaturated/α-hetero) is 1. The molecule has 26 heavy (non-hydrogen) atoms. The van der Waals surface area contributed by atoms with Gasteiger partial charge in [-0.1, -0.05) is 11.6 Å². The standard InChI is InChI=1S/C18H24ClNO5S/c19-15-5-7-16(8-6-15)26(24,25)20-12-11-13-1-3-14(4-2-13)17(21)9-10-18(22)23/h5-8,13-14,20H,1-4,9-12H2,(H,22,23). The summed E-state index contributed by atoms with van der Waals surface area (Å²) in [6.07, 6.45) is 3.97. The number of hydrogen-bond acceptors (Lipinski definition) is 4. The summed E-state index contributed by atoms with van der Waals surface area (Å²) in [6.45, 7) is 0.354. The molecule has 8 heteroatoms. The van der Waals surface area contributed by atoms with Crippen molar-refractivity contribution in [3.8, 4) is 0 Å². The van der Waals surface area contributed by atoms with Crippen LogP contribution in [-0.4, -0.2) is 31.8 Å². The van der Waals surface area contributed by atoms with E-state index in [1.54, 1.807) is 12.1 Å². The van der Waals surface area contributed by atoms with E-state index in [0.717, 1.165) is 32.1 Å². The van der Waals surface area contributed by atoms with Crippen molar-refractivity contribution >= 4 is 33.4 Å². The number of hydrogen-bond donors (Lipinski definition) is 2. The molecule has 0 heterocycles. The highest BCUT2D eigenvalue weighted by molar-refractivity contribution is 7.89. The Morgan fingerprint density at radius 1 is 1.08 bits per heavy atom. The second-order valence-electron chi connectivity index (χ2n) is 6.72. The molecular formula is C18H24ClNO5S. The molecule has 0 atom stereocenters. The van der Waals surface area contributed by atoms with Crippen molar-refractivity contribution in [1.82, 2.24) is 4.72 Å². The largest absolute Gasteiger partial charge is 0.481 e. The van der Waals surface area contributed by atoms with Gasteiger partial charge in [-0.15, -0.1) is 0 Å². The van der Waals surface area contributed by atoms with Crippen molar-refractivity contribution in [1.29, 1.82) is 0 Å². The first-order valence-corrected chi connectivity index (χ1v) is 10.6. The van der Waals surface area contributed by atoms with Crippen LogP contribution in [0.1, 0.15) is 44.9 Å². The number of rotatable bonds is 9. The van der Waals surface area contributed by atoms with Gasteiger partial charge in [-0.25, -0.2) is 13.1 Å². The van der Waals surface area contributed by atoms with Gasteiger partial charge < -0.3 is 5.11 Å². The number of carboxylic acid groups (broad SMARTS) is 1. The summed E-state index contributed by atoms with van der Waals surface area (Å²) in [5.41, 5.74) is 0. The van der Waals surface area contributed by atoms with E-state index in [9.17, 15) is 18.0 Å². The Labute approximate surface area is 159 Å². The number of carboxylic acids is 1. The third kappa shape index (κ3) is 6.37. The number of sulfonamides is 1. The number of halogens is 1. The van der Waals surface area contributed by atoms with Crippen molar-refractivity contribution in [3.63, 3.8) is 0 Å². The van der Waals surface area contributed by atoms with E-state index in [4.69, 9.17) is 16.7 Å². The van der Waals surface area contributed by atoms with E-state index in [-0.39, 0.29) is 29.4 Å². The fraction of sp³-hybridized carbons (Fsp3) is 0.556.